The standard InChI is InChI=1S/C16H29N3O3/c1-16(2,3)22-15(21)17-12-5-7-13(8-6-12)19-10-9-18(4)11-14(19)20/h12-13H,5-11H2,1-4H3,(H,17,21)/t12-,13-. The molecular formula is C16H29N3O3. The van der Waals surface area contributed by atoms with E-state index in [4.69, 9.17) is 4.74 Å². The van der Waals surface area contributed by atoms with E-state index in [0.29, 0.717) is 12.6 Å². The lowest BCUT2D eigenvalue weighted by molar-refractivity contribution is -0.138. The molecule has 2 fully saturated rings. The summed E-state index contributed by atoms with van der Waals surface area (Å²) in [5.41, 5.74) is -0.465. The average molecular weight is 311 g/mol. The molecular weight excluding hydrogens is 282 g/mol. The number of nitrogens with zero attached hydrogens (tertiary/aromatic N) is 2. The Hall–Kier alpha value is -1.30. The number of piperazine rings is 1. The van der Waals surface area contributed by atoms with E-state index in [-0.39, 0.29) is 18.0 Å². The van der Waals surface area contributed by atoms with Gasteiger partial charge in [-0.2, -0.15) is 0 Å². The maximum Gasteiger partial charge on any atom is 0.407 e. The van der Waals surface area contributed by atoms with Crippen LogP contribution in [0.4, 0.5) is 4.79 Å². The molecule has 0 aromatic carbocycles. The van der Waals surface area contributed by atoms with Gasteiger partial charge in [-0.15, -0.1) is 0 Å². The predicted octanol–water partition coefficient (Wildman–Crippen LogP) is 1.60. The summed E-state index contributed by atoms with van der Waals surface area (Å²) >= 11 is 0. The van der Waals surface area contributed by atoms with Gasteiger partial charge in [-0.1, -0.05) is 0 Å². The summed E-state index contributed by atoms with van der Waals surface area (Å²) in [6.07, 6.45) is 3.38. The molecule has 0 aromatic rings. The van der Waals surface area contributed by atoms with Crippen LogP contribution in [0.5, 0.6) is 0 Å². The number of rotatable bonds is 2. The van der Waals surface area contributed by atoms with E-state index in [1.165, 1.54) is 0 Å². The van der Waals surface area contributed by atoms with Gasteiger partial charge in [-0.25, -0.2) is 4.79 Å². The lowest BCUT2D eigenvalue weighted by Crippen LogP contribution is -2.54. The average Bonchev–Trinajstić information content (AvgIpc) is 2.38. The molecule has 0 unspecified atom stereocenters. The van der Waals surface area contributed by atoms with Gasteiger partial charge >= 0.3 is 6.09 Å². The molecule has 6 heteroatoms. The molecule has 1 heterocycles. The molecule has 1 N–H and O–H groups in total. The van der Waals surface area contributed by atoms with Crippen molar-refractivity contribution < 1.29 is 14.3 Å². The topological polar surface area (TPSA) is 61.9 Å². The number of hydrogen-bond acceptors (Lipinski definition) is 4. The van der Waals surface area contributed by atoms with Crippen molar-refractivity contribution in [3.63, 3.8) is 0 Å². The second-order valence-corrected chi connectivity index (χ2v) is 7.48. The normalized spacial score (nSPS) is 27.6. The van der Waals surface area contributed by atoms with Gasteiger partial charge in [0.25, 0.3) is 0 Å². The van der Waals surface area contributed by atoms with E-state index in [2.05, 4.69) is 10.2 Å². The fourth-order valence-corrected chi connectivity index (χ4v) is 3.20. The summed E-state index contributed by atoms with van der Waals surface area (Å²) in [6, 6.07) is 0.492. The Labute approximate surface area is 133 Å². The van der Waals surface area contributed by atoms with Gasteiger partial charge in [0.1, 0.15) is 5.60 Å². The number of nitrogens with one attached hydrogen (secondary N) is 1. The zero-order valence-electron chi connectivity index (χ0n) is 14.2. The van der Waals surface area contributed by atoms with E-state index in [1.54, 1.807) is 0 Å². The molecule has 0 spiro atoms. The fourth-order valence-electron chi connectivity index (χ4n) is 3.20. The van der Waals surface area contributed by atoms with Crippen molar-refractivity contribution in [2.24, 2.45) is 0 Å². The van der Waals surface area contributed by atoms with Gasteiger partial charge < -0.3 is 15.0 Å². The first-order valence-electron chi connectivity index (χ1n) is 8.22. The second-order valence-electron chi connectivity index (χ2n) is 7.48. The van der Waals surface area contributed by atoms with Crippen molar-refractivity contribution >= 4 is 12.0 Å². The molecule has 0 atom stereocenters. The van der Waals surface area contributed by atoms with Crippen LogP contribution < -0.4 is 5.32 Å². The van der Waals surface area contributed by atoms with Crippen molar-refractivity contribution in [1.82, 2.24) is 15.1 Å². The molecule has 1 aliphatic heterocycles. The van der Waals surface area contributed by atoms with Crippen molar-refractivity contribution in [2.45, 2.75) is 64.1 Å². The van der Waals surface area contributed by atoms with Crippen LogP contribution in [0, 0.1) is 0 Å². The molecule has 2 rings (SSSR count). The van der Waals surface area contributed by atoms with Gasteiger partial charge in [0.05, 0.1) is 6.54 Å². The Morgan fingerprint density at radius 3 is 2.36 bits per heavy atom. The van der Waals surface area contributed by atoms with Crippen molar-refractivity contribution in [2.75, 3.05) is 26.7 Å². The molecule has 1 saturated carbocycles. The highest BCUT2D eigenvalue weighted by molar-refractivity contribution is 5.79. The number of alkyl carbamates (subject to hydrolysis) is 1. The summed E-state index contributed by atoms with van der Waals surface area (Å²) in [6.45, 7) is 7.88. The molecule has 0 aromatic heterocycles. The Kier molecular flexibility index (Phi) is 5.32. The van der Waals surface area contributed by atoms with Crippen LogP contribution in [0.15, 0.2) is 0 Å². The zero-order valence-corrected chi connectivity index (χ0v) is 14.2. The van der Waals surface area contributed by atoms with Crippen LogP contribution in [-0.4, -0.2) is 66.2 Å². The minimum Gasteiger partial charge on any atom is -0.444 e. The summed E-state index contributed by atoms with van der Waals surface area (Å²) < 4.78 is 5.29. The highest BCUT2D eigenvalue weighted by atomic mass is 16.6. The number of carbonyl (C=O) groups excluding carboxylic acids is 2. The minimum atomic E-state index is -0.465. The van der Waals surface area contributed by atoms with Crippen molar-refractivity contribution in [1.29, 1.82) is 0 Å². The number of carbonyl (C=O) groups is 2. The van der Waals surface area contributed by atoms with Crippen molar-refractivity contribution in [3.8, 4) is 0 Å². The quantitative estimate of drug-likeness (QED) is 0.841. The lowest BCUT2D eigenvalue weighted by atomic mass is 9.90. The molecule has 2 amide bonds. The zero-order chi connectivity index (χ0) is 16.3. The van der Waals surface area contributed by atoms with Crippen LogP contribution in [0.1, 0.15) is 46.5 Å². The van der Waals surface area contributed by atoms with Crippen LogP contribution in [0.3, 0.4) is 0 Å². The summed E-state index contributed by atoms with van der Waals surface area (Å²) in [5.74, 6) is 0.234. The third-order valence-corrected chi connectivity index (χ3v) is 4.31. The van der Waals surface area contributed by atoms with Gasteiger partial charge in [0.15, 0.2) is 0 Å². The van der Waals surface area contributed by atoms with E-state index in [1.807, 2.05) is 32.7 Å². The number of amides is 2. The number of ether oxygens (including phenoxy) is 1. The molecule has 0 radical (unpaired) electrons. The Balaban J connectivity index is 1.76. The third kappa shape index (κ3) is 4.87. The highest BCUT2D eigenvalue weighted by Gasteiger charge is 2.32. The molecule has 1 aliphatic carbocycles. The Bertz CT molecular complexity index is 411. The molecule has 0 bridgehead atoms. The molecule has 2 aliphatic rings. The van der Waals surface area contributed by atoms with Crippen LogP contribution in [0.25, 0.3) is 0 Å². The van der Waals surface area contributed by atoms with Gasteiger partial charge in [0.2, 0.25) is 5.91 Å². The maximum atomic E-state index is 12.1. The van der Waals surface area contributed by atoms with Gasteiger partial charge in [-0.3, -0.25) is 9.69 Å². The van der Waals surface area contributed by atoms with E-state index >= 15 is 0 Å². The second kappa shape index (κ2) is 6.86. The molecule has 6 nitrogen and oxygen atoms in total. The largest absolute Gasteiger partial charge is 0.444 e. The first-order valence-corrected chi connectivity index (χ1v) is 8.22. The summed E-state index contributed by atoms with van der Waals surface area (Å²) in [5, 5.41) is 2.94. The summed E-state index contributed by atoms with van der Waals surface area (Å²) in [7, 11) is 1.98. The minimum absolute atomic E-state index is 0.161. The SMILES string of the molecule is CN1CCN([C@H]2CC[C@H](NC(=O)OC(C)(C)C)CC2)C(=O)C1. The number of hydrogen-bond donors (Lipinski definition) is 1. The molecule has 126 valence electrons. The van der Waals surface area contributed by atoms with Crippen molar-refractivity contribution in [3.05, 3.63) is 0 Å². The molecule has 1 saturated heterocycles. The first-order chi connectivity index (χ1) is 10.2. The third-order valence-electron chi connectivity index (χ3n) is 4.31. The van der Waals surface area contributed by atoms with Crippen LogP contribution >= 0.6 is 0 Å². The Morgan fingerprint density at radius 2 is 1.82 bits per heavy atom. The van der Waals surface area contributed by atoms with Crippen LogP contribution in [-0.2, 0) is 9.53 Å². The van der Waals surface area contributed by atoms with Crippen LogP contribution in [0.2, 0.25) is 0 Å². The smallest absolute Gasteiger partial charge is 0.407 e. The van der Waals surface area contributed by atoms with E-state index < -0.39 is 5.60 Å². The maximum absolute atomic E-state index is 12.1. The van der Waals surface area contributed by atoms with Gasteiger partial charge in [-0.05, 0) is 53.5 Å². The first kappa shape index (κ1) is 17.1. The fraction of sp³-hybridized carbons (Fsp3) is 0.875. The Morgan fingerprint density at radius 1 is 1.18 bits per heavy atom. The lowest BCUT2D eigenvalue weighted by Gasteiger charge is -2.41. The summed E-state index contributed by atoms with van der Waals surface area (Å²) in [4.78, 5) is 28.0. The predicted molar refractivity (Wildman–Crippen MR) is 84.6 cm³/mol. The highest BCUT2D eigenvalue weighted by Crippen LogP contribution is 2.24. The molecule has 22 heavy (non-hydrogen) atoms. The van der Waals surface area contributed by atoms with E-state index in [9.17, 15) is 9.59 Å². The number of likely N-dealkylation sites (N-methyl/N-ethyl adjacent to an activating group) is 1. The monoisotopic (exact) mass is 311 g/mol. The van der Waals surface area contributed by atoms with Gasteiger partial charge in [0, 0.05) is 25.2 Å². The van der Waals surface area contributed by atoms with E-state index in [0.717, 1.165) is 38.8 Å².